The third kappa shape index (κ3) is 5.86. The summed E-state index contributed by atoms with van der Waals surface area (Å²) in [5.74, 6) is 0.908. The van der Waals surface area contributed by atoms with Crippen molar-refractivity contribution < 1.29 is 19.7 Å². The molecular formula is C29H35NO4. The van der Waals surface area contributed by atoms with Gasteiger partial charge in [-0.1, -0.05) is 72.8 Å². The van der Waals surface area contributed by atoms with Gasteiger partial charge in [0.25, 0.3) is 0 Å². The fraction of sp³-hybridized carbons (Fsp3) is 0.379. The maximum Gasteiger partial charge on any atom is 0.119 e. The first kappa shape index (κ1) is 24.4. The smallest absolute Gasteiger partial charge is 0.119 e. The molecule has 5 heteroatoms. The summed E-state index contributed by atoms with van der Waals surface area (Å²) in [5, 5.41) is 22.5. The van der Waals surface area contributed by atoms with E-state index in [2.05, 4.69) is 4.90 Å². The quantitative estimate of drug-likeness (QED) is 0.473. The molecule has 4 rings (SSSR count). The average Bonchev–Trinajstić information content (AvgIpc) is 2.90. The monoisotopic (exact) mass is 461 g/mol. The zero-order chi connectivity index (χ0) is 23.8. The van der Waals surface area contributed by atoms with Crippen LogP contribution >= 0.6 is 0 Å². The molecule has 0 saturated carbocycles. The molecule has 5 nitrogen and oxygen atoms in total. The van der Waals surface area contributed by atoms with Crippen molar-refractivity contribution in [1.82, 2.24) is 4.90 Å². The lowest BCUT2D eigenvalue weighted by Gasteiger charge is -2.42. The third-order valence-corrected chi connectivity index (χ3v) is 6.79. The van der Waals surface area contributed by atoms with Crippen LogP contribution in [0.3, 0.4) is 0 Å². The minimum atomic E-state index is -1.02. The average molecular weight is 462 g/mol. The zero-order valence-electron chi connectivity index (χ0n) is 19.8. The number of hydrogen-bond donors (Lipinski definition) is 2. The fourth-order valence-corrected chi connectivity index (χ4v) is 4.98. The lowest BCUT2D eigenvalue weighted by atomic mass is 9.72. The van der Waals surface area contributed by atoms with E-state index in [4.69, 9.17) is 9.47 Å². The highest BCUT2D eigenvalue weighted by Gasteiger charge is 2.41. The van der Waals surface area contributed by atoms with Gasteiger partial charge in [-0.05, 0) is 60.7 Å². The van der Waals surface area contributed by atoms with Gasteiger partial charge in [0.2, 0.25) is 0 Å². The second-order valence-corrected chi connectivity index (χ2v) is 9.09. The molecule has 0 bridgehead atoms. The van der Waals surface area contributed by atoms with E-state index in [1.165, 1.54) is 0 Å². The highest BCUT2D eigenvalue weighted by molar-refractivity contribution is 5.37. The summed E-state index contributed by atoms with van der Waals surface area (Å²) >= 11 is 0. The van der Waals surface area contributed by atoms with Crippen LogP contribution in [0, 0.1) is 5.92 Å². The van der Waals surface area contributed by atoms with Crippen LogP contribution in [-0.2, 0) is 16.9 Å². The van der Waals surface area contributed by atoms with Crippen molar-refractivity contribution in [1.29, 1.82) is 0 Å². The normalized spacial score (nSPS) is 16.3. The Bertz CT molecular complexity index is 963. The second-order valence-electron chi connectivity index (χ2n) is 9.09. The molecule has 1 saturated heterocycles. The van der Waals surface area contributed by atoms with E-state index in [1.54, 1.807) is 7.11 Å². The van der Waals surface area contributed by atoms with Crippen molar-refractivity contribution in [3.63, 3.8) is 0 Å². The van der Waals surface area contributed by atoms with E-state index in [0.29, 0.717) is 13.2 Å². The third-order valence-electron chi connectivity index (χ3n) is 6.79. The van der Waals surface area contributed by atoms with Gasteiger partial charge in [0, 0.05) is 6.54 Å². The molecule has 0 amide bonds. The molecule has 3 aromatic carbocycles. The Labute approximate surface area is 202 Å². The van der Waals surface area contributed by atoms with Gasteiger partial charge >= 0.3 is 0 Å². The zero-order valence-corrected chi connectivity index (χ0v) is 19.8. The number of rotatable bonds is 10. The SMILES string of the molecule is COc1cccc(COCC(O)CN2CCC(C(O)(c3ccccc3)c3ccccc3)CC2)c1. The largest absolute Gasteiger partial charge is 0.497 e. The molecule has 0 aliphatic carbocycles. The Balaban J connectivity index is 1.31. The van der Waals surface area contributed by atoms with E-state index in [1.807, 2.05) is 84.9 Å². The molecule has 180 valence electrons. The number of ether oxygens (including phenoxy) is 2. The number of piperidine rings is 1. The summed E-state index contributed by atoms with van der Waals surface area (Å²) in [6.07, 6.45) is 1.17. The van der Waals surface area contributed by atoms with Gasteiger partial charge < -0.3 is 24.6 Å². The van der Waals surface area contributed by atoms with Crippen molar-refractivity contribution in [2.24, 2.45) is 5.92 Å². The van der Waals surface area contributed by atoms with Crippen molar-refractivity contribution in [3.8, 4) is 5.75 Å². The van der Waals surface area contributed by atoms with Gasteiger partial charge in [0.05, 0.1) is 26.4 Å². The van der Waals surface area contributed by atoms with Crippen LogP contribution in [0.4, 0.5) is 0 Å². The molecular weight excluding hydrogens is 426 g/mol. The summed E-state index contributed by atoms with van der Waals surface area (Å²) < 4.78 is 11.0. The van der Waals surface area contributed by atoms with Crippen LogP contribution in [0.1, 0.15) is 29.5 Å². The van der Waals surface area contributed by atoms with Crippen LogP contribution in [0.5, 0.6) is 5.75 Å². The lowest BCUT2D eigenvalue weighted by Crippen LogP contribution is -2.46. The number of benzene rings is 3. The summed E-state index contributed by atoms with van der Waals surface area (Å²) in [4.78, 5) is 2.27. The van der Waals surface area contributed by atoms with Gasteiger partial charge in [-0.3, -0.25) is 0 Å². The molecule has 1 aliphatic heterocycles. The molecule has 0 aromatic heterocycles. The van der Waals surface area contributed by atoms with Crippen molar-refractivity contribution >= 4 is 0 Å². The Kier molecular flexibility index (Phi) is 8.35. The minimum absolute atomic E-state index is 0.106. The number of aliphatic hydroxyl groups excluding tert-OH is 1. The van der Waals surface area contributed by atoms with E-state index >= 15 is 0 Å². The first-order valence-corrected chi connectivity index (χ1v) is 12.0. The van der Waals surface area contributed by atoms with Crippen molar-refractivity contribution in [2.75, 3.05) is 33.4 Å². The number of methoxy groups -OCH3 is 1. The summed E-state index contributed by atoms with van der Waals surface area (Å²) in [7, 11) is 1.65. The first-order valence-electron chi connectivity index (χ1n) is 12.0. The number of likely N-dealkylation sites (tertiary alicyclic amines) is 1. The number of β-amino-alcohol motifs (C(OH)–C–C–N with tert-alkyl or cyclic N) is 1. The molecule has 2 N–H and O–H groups in total. The van der Waals surface area contributed by atoms with Gasteiger partial charge in [-0.25, -0.2) is 0 Å². The van der Waals surface area contributed by atoms with E-state index < -0.39 is 11.7 Å². The molecule has 1 heterocycles. The van der Waals surface area contributed by atoms with Crippen LogP contribution in [0.15, 0.2) is 84.9 Å². The molecule has 1 fully saturated rings. The standard InChI is InChI=1S/C29H35NO4/c1-33-28-14-8-9-23(19-28)21-34-22-27(31)20-30-17-15-26(16-18-30)29(32,24-10-4-2-5-11-24)25-12-6-3-7-13-25/h2-14,19,26-27,31-32H,15-18,20-22H2,1H3. The number of aliphatic hydroxyl groups is 2. The summed E-state index contributed by atoms with van der Waals surface area (Å²) in [5.41, 5.74) is 1.87. The predicted octanol–water partition coefficient (Wildman–Crippen LogP) is 4.22. The molecule has 1 atom stereocenters. The van der Waals surface area contributed by atoms with Crippen LogP contribution in [0.25, 0.3) is 0 Å². The fourth-order valence-electron chi connectivity index (χ4n) is 4.98. The maximum atomic E-state index is 12.0. The Morgan fingerprint density at radius 1 is 0.912 bits per heavy atom. The summed E-state index contributed by atoms with van der Waals surface area (Å²) in [6, 6.07) is 27.7. The van der Waals surface area contributed by atoms with Crippen molar-refractivity contribution in [2.45, 2.75) is 31.2 Å². The second kappa shape index (κ2) is 11.6. The van der Waals surface area contributed by atoms with E-state index in [9.17, 15) is 10.2 Å². The maximum absolute atomic E-state index is 12.0. The van der Waals surface area contributed by atoms with Gasteiger partial charge in [-0.15, -0.1) is 0 Å². The molecule has 3 aromatic rings. The van der Waals surface area contributed by atoms with Gasteiger partial charge in [0.15, 0.2) is 0 Å². The van der Waals surface area contributed by atoms with Crippen molar-refractivity contribution in [3.05, 3.63) is 102 Å². The Morgan fingerprint density at radius 2 is 1.53 bits per heavy atom. The molecule has 1 aliphatic rings. The molecule has 0 radical (unpaired) electrons. The lowest BCUT2D eigenvalue weighted by molar-refractivity contribution is -0.0294. The number of nitrogens with zero attached hydrogens (tertiary/aromatic N) is 1. The predicted molar refractivity (Wildman–Crippen MR) is 134 cm³/mol. The van der Waals surface area contributed by atoms with Crippen LogP contribution in [0.2, 0.25) is 0 Å². The van der Waals surface area contributed by atoms with E-state index in [-0.39, 0.29) is 12.5 Å². The Morgan fingerprint density at radius 3 is 2.12 bits per heavy atom. The summed E-state index contributed by atoms with van der Waals surface area (Å²) in [6.45, 7) is 2.96. The van der Waals surface area contributed by atoms with Gasteiger partial charge in [0.1, 0.15) is 11.4 Å². The Hall–Kier alpha value is -2.70. The molecule has 1 unspecified atom stereocenters. The highest BCUT2D eigenvalue weighted by Crippen LogP contribution is 2.41. The first-order chi connectivity index (χ1) is 16.6. The molecule has 0 spiro atoms. The number of hydrogen-bond acceptors (Lipinski definition) is 5. The minimum Gasteiger partial charge on any atom is -0.497 e. The van der Waals surface area contributed by atoms with Crippen LogP contribution < -0.4 is 4.74 Å². The topological polar surface area (TPSA) is 62.2 Å². The van der Waals surface area contributed by atoms with E-state index in [0.717, 1.165) is 48.4 Å². The molecule has 34 heavy (non-hydrogen) atoms. The highest BCUT2D eigenvalue weighted by atomic mass is 16.5. The van der Waals surface area contributed by atoms with Gasteiger partial charge in [-0.2, -0.15) is 0 Å². The van der Waals surface area contributed by atoms with Crippen LogP contribution in [-0.4, -0.2) is 54.6 Å².